The number of aromatic nitrogens is 1. The minimum atomic E-state index is -0.792. The molecule has 5 heteroatoms. The number of rotatable bonds is 3. The molecule has 1 atom stereocenters. The van der Waals surface area contributed by atoms with E-state index in [-0.39, 0.29) is 6.04 Å². The molecule has 0 radical (unpaired) electrons. The molecule has 1 unspecified atom stereocenters. The third kappa shape index (κ3) is 3.19. The van der Waals surface area contributed by atoms with Gasteiger partial charge in [0.15, 0.2) is 17.4 Å². The van der Waals surface area contributed by atoms with Crippen molar-refractivity contribution in [2.75, 3.05) is 6.54 Å². The molecule has 118 valence electrons. The number of benzene rings is 1. The van der Waals surface area contributed by atoms with Crippen molar-refractivity contribution in [2.24, 2.45) is 0 Å². The number of likely N-dealkylation sites (tertiary alicyclic amines) is 1. The molecule has 0 N–H and O–H groups in total. The average Bonchev–Trinajstić information content (AvgIpc) is 2.79. The Labute approximate surface area is 128 Å². The number of hydrogen-bond acceptors (Lipinski definition) is 3. The van der Waals surface area contributed by atoms with Crippen molar-refractivity contribution in [1.29, 1.82) is 0 Å². The molecule has 0 saturated carbocycles. The smallest absolute Gasteiger partial charge is 0.163 e. The van der Waals surface area contributed by atoms with Gasteiger partial charge in [0, 0.05) is 18.2 Å². The molecule has 22 heavy (non-hydrogen) atoms. The summed E-state index contributed by atoms with van der Waals surface area (Å²) in [6, 6.07) is 6.36. The van der Waals surface area contributed by atoms with Crippen molar-refractivity contribution in [2.45, 2.75) is 45.2 Å². The van der Waals surface area contributed by atoms with Crippen molar-refractivity contribution in [3.8, 4) is 0 Å². The highest BCUT2D eigenvalue weighted by Crippen LogP contribution is 2.32. The number of hydrogen-bond donors (Lipinski definition) is 0. The molecule has 0 bridgehead atoms. The van der Waals surface area contributed by atoms with Crippen molar-refractivity contribution in [3.63, 3.8) is 0 Å². The second kappa shape index (κ2) is 6.57. The fraction of sp³-hybridized carbons (Fsp3) is 0.471. The van der Waals surface area contributed by atoms with Gasteiger partial charge in [0.25, 0.3) is 0 Å². The van der Waals surface area contributed by atoms with Crippen LogP contribution >= 0.6 is 0 Å². The predicted molar refractivity (Wildman–Crippen MR) is 79.2 cm³/mol. The fourth-order valence-corrected chi connectivity index (χ4v) is 3.11. The van der Waals surface area contributed by atoms with Gasteiger partial charge in [0.2, 0.25) is 0 Å². The normalized spacial score (nSPS) is 20.0. The summed E-state index contributed by atoms with van der Waals surface area (Å²) in [5.41, 5.74) is 1.24. The first-order chi connectivity index (χ1) is 10.6. The number of nitrogens with zero attached hydrogens (tertiary/aromatic N) is 2. The Balaban J connectivity index is 1.86. The summed E-state index contributed by atoms with van der Waals surface area (Å²) in [7, 11) is 0. The van der Waals surface area contributed by atoms with E-state index >= 15 is 0 Å². The van der Waals surface area contributed by atoms with E-state index in [1.165, 1.54) is 0 Å². The van der Waals surface area contributed by atoms with Crippen LogP contribution in [0.25, 0.3) is 0 Å². The summed E-state index contributed by atoms with van der Waals surface area (Å²) in [4.78, 5) is 2.17. The zero-order valence-corrected chi connectivity index (χ0v) is 12.7. The van der Waals surface area contributed by atoms with Crippen molar-refractivity contribution < 1.29 is 13.3 Å². The van der Waals surface area contributed by atoms with Crippen LogP contribution in [0.2, 0.25) is 0 Å². The zero-order chi connectivity index (χ0) is 15.5. The van der Waals surface area contributed by atoms with Crippen LogP contribution in [0.15, 0.2) is 28.8 Å². The van der Waals surface area contributed by atoms with Crippen molar-refractivity contribution in [1.82, 2.24) is 10.1 Å². The van der Waals surface area contributed by atoms with Gasteiger partial charge < -0.3 is 4.52 Å². The second-order valence-corrected chi connectivity index (χ2v) is 5.92. The maximum atomic E-state index is 14.0. The fourth-order valence-electron chi connectivity index (χ4n) is 3.11. The first-order valence-electron chi connectivity index (χ1n) is 7.75. The number of aryl methyl sites for hydroxylation is 1. The molecule has 1 saturated heterocycles. The molecule has 1 aliphatic heterocycles. The topological polar surface area (TPSA) is 29.3 Å². The molecular formula is C17H20F2N2O. The maximum absolute atomic E-state index is 14.0. The minimum absolute atomic E-state index is 0.0753. The molecule has 0 spiro atoms. The Morgan fingerprint density at radius 3 is 2.91 bits per heavy atom. The molecule has 2 heterocycles. The van der Waals surface area contributed by atoms with Crippen LogP contribution in [0.5, 0.6) is 0 Å². The molecule has 2 aromatic rings. The molecule has 1 aromatic heterocycles. The summed E-state index contributed by atoms with van der Waals surface area (Å²) in [6.45, 7) is 3.12. The molecule has 1 fully saturated rings. The Morgan fingerprint density at radius 2 is 2.14 bits per heavy atom. The van der Waals surface area contributed by atoms with Gasteiger partial charge in [-0.3, -0.25) is 4.90 Å². The highest BCUT2D eigenvalue weighted by atomic mass is 19.2. The van der Waals surface area contributed by atoms with Crippen LogP contribution < -0.4 is 0 Å². The predicted octanol–water partition coefficient (Wildman–Crippen LogP) is 4.38. The Bertz CT molecular complexity index is 641. The molecule has 3 rings (SSSR count). The molecule has 1 aromatic carbocycles. The molecular weight excluding hydrogens is 286 g/mol. The average molecular weight is 306 g/mol. The van der Waals surface area contributed by atoms with Gasteiger partial charge in [-0.2, -0.15) is 0 Å². The summed E-state index contributed by atoms with van der Waals surface area (Å²) in [5, 5.41) is 3.96. The lowest BCUT2D eigenvalue weighted by Gasteiger charge is -2.28. The highest BCUT2D eigenvalue weighted by molar-refractivity contribution is 5.19. The Morgan fingerprint density at radius 1 is 1.27 bits per heavy atom. The molecule has 0 amide bonds. The van der Waals surface area contributed by atoms with E-state index in [9.17, 15) is 8.78 Å². The SMILES string of the molecule is Cc1cc(C2CCCCCN2Cc2cccc(F)c2F)on1. The largest absolute Gasteiger partial charge is 0.359 e. The molecule has 3 nitrogen and oxygen atoms in total. The van der Waals surface area contributed by atoms with Crippen LogP contribution in [0.1, 0.15) is 48.7 Å². The first-order valence-corrected chi connectivity index (χ1v) is 7.75. The van der Waals surface area contributed by atoms with Crippen LogP contribution in [-0.2, 0) is 6.54 Å². The number of halogens is 2. The molecule has 0 aliphatic carbocycles. The molecule has 1 aliphatic rings. The van der Waals surface area contributed by atoms with E-state index in [0.717, 1.165) is 49.7 Å². The van der Waals surface area contributed by atoms with Crippen LogP contribution in [0.4, 0.5) is 8.78 Å². The van der Waals surface area contributed by atoms with E-state index < -0.39 is 11.6 Å². The van der Waals surface area contributed by atoms with Gasteiger partial charge in [-0.1, -0.05) is 30.1 Å². The third-order valence-corrected chi connectivity index (χ3v) is 4.24. The Kier molecular flexibility index (Phi) is 4.52. The van der Waals surface area contributed by atoms with Gasteiger partial charge in [-0.05, 0) is 32.4 Å². The van der Waals surface area contributed by atoms with Crippen molar-refractivity contribution in [3.05, 3.63) is 52.9 Å². The van der Waals surface area contributed by atoms with E-state index in [2.05, 4.69) is 10.1 Å². The second-order valence-electron chi connectivity index (χ2n) is 5.92. The van der Waals surface area contributed by atoms with Crippen molar-refractivity contribution >= 4 is 0 Å². The highest BCUT2D eigenvalue weighted by Gasteiger charge is 2.26. The standard InChI is InChI=1S/C17H20F2N2O/c1-12-10-16(22-20-12)15-8-3-2-4-9-21(15)11-13-6-5-7-14(18)17(13)19/h5-7,10,15H,2-4,8-9,11H2,1H3. The lowest BCUT2D eigenvalue weighted by Crippen LogP contribution is -2.28. The van der Waals surface area contributed by atoms with Gasteiger partial charge in [-0.15, -0.1) is 0 Å². The van der Waals surface area contributed by atoms with E-state index in [4.69, 9.17) is 4.52 Å². The lowest BCUT2D eigenvalue weighted by atomic mass is 10.1. The van der Waals surface area contributed by atoms with Gasteiger partial charge >= 0.3 is 0 Å². The summed E-state index contributed by atoms with van der Waals surface area (Å²) >= 11 is 0. The van der Waals surface area contributed by atoms with Crippen LogP contribution in [0.3, 0.4) is 0 Å². The van der Waals surface area contributed by atoms with E-state index in [1.54, 1.807) is 12.1 Å². The van der Waals surface area contributed by atoms with Gasteiger partial charge in [0.05, 0.1) is 11.7 Å². The first kappa shape index (κ1) is 15.2. The van der Waals surface area contributed by atoms with Gasteiger partial charge in [0.1, 0.15) is 0 Å². The quantitative estimate of drug-likeness (QED) is 0.843. The zero-order valence-electron chi connectivity index (χ0n) is 12.7. The van der Waals surface area contributed by atoms with Crippen LogP contribution in [0, 0.1) is 18.6 Å². The maximum Gasteiger partial charge on any atom is 0.163 e. The lowest BCUT2D eigenvalue weighted by molar-refractivity contribution is 0.158. The monoisotopic (exact) mass is 306 g/mol. The summed E-state index contributed by atoms with van der Waals surface area (Å²) in [6.07, 6.45) is 4.25. The summed E-state index contributed by atoms with van der Waals surface area (Å²) < 4.78 is 32.8. The van der Waals surface area contributed by atoms with Gasteiger partial charge in [-0.25, -0.2) is 8.78 Å². The summed E-state index contributed by atoms with van der Waals surface area (Å²) in [5.74, 6) is -0.727. The van der Waals surface area contributed by atoms with E-state index in [1.807, 2.05) is 13.0 Å². The van der Waals surface area contributed by atoms with E-state index in [0.29, 0.717) is 12.1 Å². The van der Waals surface area contributed by atoms with Crippen LogP contribution in [-0.4, -0.2) is 16.6 Å². The third-order valence-electron chi connectivity index (χ3n) is 4.24. The minimum Gasteiger partial charge on any atom is -0.359 e. The Hall–Kier alpha value is -1.75.